The van der Waals surface area contributed by atoms with E-state index in [2.05, 4.69) is 10.6 Å². The van der Waals surface area contributed by atoms with Gasteiger partial charge in [-0.15, -0.1) is 0 Å². The Bertz CT molecular complexity index is 1270. The molecule has 0 saturated carbocycles. The third-order valence-corrected chi connectivity index (χ3v) is 8.91. The number of anilines is 2. The van der Waals surface area contributed by atoms with Crippen molar-refractivity contribution < 1.29 is 29.0 Å². The number of halogens is 1. The molecule has 2 aromatic carbocycles. The fourth-order valence-corrected chi connectivity index (χ4v) is 7.02. The molecule has 5 atom stereocenters. The van der Waals surface area contributed by atoms with Crippen molar-refractivity contribution in [1.29, 1.82) is 0 Å². The third kappa shape index (κ3) is 4.74. The van der Waals surface area contributed by atoms with Crippen molar-refractivity contribution in [2.24, 2.45) is 11.8 Å². The van der Waals surface area contributed by atoms with E-state index < -0.39 is 35.0 Å². The molecule has 40 heavy (non-hydrogen) atoms. The Kier molecular flexibility index (Phi) is 8.08. The summed E-state index contributed by atoms with van der Waals surface area (Å²) in [4.78, 5) is 43.5. The minimum Gasteiger partial charge on any atom is -0.494 e. The van der Waals surface area contributed by atoms with Crippen molar-refractivity contribution in [2.45, 2.75) is 63.2 Å². The largest absolute Gasteiger partial charge is 0.494 e. The van der Waals surface area contributed by atoms with Gasteiger partial charge in [-0.1, -0.05) is 30.7 Å². The molecule has 214 valence electrons. The lowest BCUT2D eigenvalue weighted by atomic mass is 9.65. The SMILES string of the molecule is CCOc1ccc(NC(=O)[C@H]2[C@H]3C(=O)N(CCCCO)C(C(=O)Nc4ccccc4Cl)C34CC[C@]2(CC)O4)cc1. The summed E-state index contributed by atoms with van der Waals surface area (Å²) < 4.78 is 12.3. The molecule has 3 aliphatic heterocycles. The predicted molar refractivity (Wildman–Crippen MR) is 151 cm³/mol. The highest BCUT2D eigenvalue weighted by Gasteiger charge is 2.78. The van der Waals surface area contributed by atoms with Gasteiger partial charge in [-0.05, 0) is 75.4 Å². The Labute approximate surface area is 239 Å². The van der Waals surface area contributed by atoms with Crippen LogP contribution in [0.4, 0.5) is 11.4 Å². The Balaban J connectivity index is 1.48. The summed E-state index contributed by atoms with van der Waals surface area (Å²) in [5, 5.41) is 15.6. The van der Waals surface area contributed by atoms with Gasteiger partial charge < -0.3 is 30.1 Å². The Morgan fingerprint density at radius 1 is 1.07 bits per heavy atom. The second kappa shape index (κ2) is 11.4. The summed E-state index contributed by atoms with van der Waals surface area (Å²) in [5.74, 6) is -1.83. The molecular formula is C30H36ClN3O6. The van der Waals surface area contributed by atoms with E-state index in [0.29, 0.717) is 60.9 Å². The molecule has 0 aliphatic carbocycles. The lowest BCUT2D eigenvalue weighted by Crippen LogP contribution is -2.53. The number of hydrogen-bond acceptors (Lipinski definition) is 6. The fraction of sp³-hybridized carbons (Fsp3) is 0.500. The molecule has 3 amide bonds. The number of fused-ring (bicyclic) bond motifs is 1. The molecule has 1 spiro atoms. The molecule has 9 nitrogen and oxygen atoms in total. The van der Waals surface area contributed by atoms with E-state index in [1.807, 2.05) is 13.8 Å². The lowest BCUT2D eigenvalue weighted by Gasteiger charge is -2.34. The van der Waals surface area contributed by atoms with Gasteiger partial charge in [0.1, 0.15) is 17.4 Å². The zero-order chi connectivity index (χ0) is 28.5. The van der Waals surface area contributed by atoms with E-state index in [-0.39, 0.29) is 25.0 Å². The number of likely N-dealkylation sites (tertiary alicyclic amines) is 1. The van der Waals surface area contributed by atoms with Gasteiger partial charge in [-0.25, -0.2) is 0 Å². The van der Waals surface area contributed by atoms with Crippen molar-refractivity contribution >= 4 is 40.7 Å². The highest BCUT2D eigenvalue weighted by molar-refractivity contribution is 6.33. The summed E-state index contributed by atoms with van der Waals surface area (Å²) in [6.07, 6.45) is 2.59. The smallest absolute Gasteiger partial charge is 0.250 e. The minimum atomic E-state index is -1.14. The van der Waals surface area contributed by atoms with Crippen molar-refractivity contribution in [1.82, 2.24) is 4.90 Å². The first-order valence-electron chi connectivity index (χ1n) is 14.0. The second-order valence-electron chi connectivity index (χ2n) is 10.7. The molecule has 2 unspecified atom stereocenters. The number of amides is 3. The number of unbranched alkanes of at least 4 members (excludes halogenated alkanes) is 1. The number of ether oxygens (including phenoxy) is 2. The fourth-order valence-electron chi connectivity index (χ4n) is 6.84. The van der Waals surface area contributed by atoms with Gasteiger partial charge in [-0.2, -0.15) is 0 Å². The van der Waals surface area contributed by atoms with Crippen molar-refractivity contribution in [3.63, 3.8) is 0 Å². The van der Waals surface area contributed by atoms with Crippen molar-refractivity contribution in [3.8, 4) is 5.75 Å². The topological polar surface area (TPSA) is 117 Å². The number of para-hydroxylation sites is 1. The van der Waals surface area contributed by atoms with E-state index in [1.165, 1.54) is 0 Å². The first-order chi connectivity index (χ1) is 19.3. The molecule has 10 heteroatoms. The van der Waals surface area contributed by atoms with Gasteiger partial charge in [0.15, 0.2) is 0 Å². The van der Waals surface area contributed by atoms with Crippen molar-refractivity contribution in [2.75, 3.05) is 30.4 Å². The van der Waals surface area contributed by atoms with Crippen LogP contribution in [0.2, 0.25) is 5.02 Å². The van der Waals surface area contributed by atoms with Crippen LogP contribution in [0.15, 0.2) is 48.5 Å². The Hall–Kier alpha value is -3.14. The molecule has 5 rings (SSSR count). The van der Waals surface area contributed by atoms with Crippen LogP contribution in [0.1, 0.15) is 46.0 Å². The number of benzene rings is 2. The van der Waals surface area contributed by atoms with Gasteiger partial charge in [0.25, 0.3) is 0 Å². The molecule has 3 N–H and O–H groups in total. The monoisotopic (exact) mass is 569 g/mol. The predicted octanol–water partition coefficient (Wildman–Crippen LogP) is 4.24. The number of aliphatic hydroxyl groups excluding tert-OH is 1. The van der Waals surface area contributed by atoms with Crippen LogP contribution in [-0.4, -0.2) is 64.7 Å². The normalized spacial score (nSPS) is 28.4. The number of aliphatic hydroxyl groups is 1. The highest BCUT2D eigenvalue weighted by atomic mass is 35.5. The lowest BCUT2D eigenvalue weighted by molar-refractivity contribution is -0.144. The van der Waals surface area contributed by atoms with Crippen LogP contribution >= 0.6 is 11.6 Å². The average molecular weight is 570 g/mol. The standard InChI is InChI=1S/C30H36ClN3O6/c1-3-29-15-16-30(40-29)24(23(29)26(36)32-19-11-13-20(14-12-19)39-4-2)28(38)34(17-7-8-18-35)25(30)27(37)33-22-10-6-5-9-21(22)31/h5-6,9-14,23-25,35H,3-4,7-8,15-18H2,1-2H3,(H,32,36)(H,33,37)/t23-,24+,25?,29+,30?/m1/s1. The average Bonchev–Trinajstić information content (AvgIpc) is 3.55. The number of nitrogens with zero attached hydrogens (tertiary/aromatic N) is 1. The van der Waals surface area contributed by atoms with Gasteiger partial charge in [0.05, 0.1) is 34.8 Å². The van der Waals surface area contributed by atoms with Crippen LogP contribution in [0, 0.1) is 11.8 Å². The summed E-state index contributed by atoms with van der Waals surface area (Å²) in [6, 6.07) is 13.1. The molecule has 2 bridgehead atoms. The maximum absolute atomic E-state index is 14.1. The van der Waals surface area contributed by atoms with Crippen LogP contribution < -0.4 is 15.4 Å². The maximum atomic E-state index is 14.1. The summed E-state index contributed by atoms with van der Waals surface area (Å²) >= 11 is 6.33. The molecule has 0 aromatic heterocycles. The van der Waals surface area contributed by atoms with Crippen LogP contribution in [0.5, 0.6) is 5.75 Å². The molecule has 3 heterocycles. The van der Waals surface area contributed by atoms with Crippen LogP contribution in [0.25, 0.3) is 0 Å². The first-order valence-corrected chi connectivity index (χ1v) is 14.4. The molecule has 2 aromatic rings. The van der Waals surface area contributed by atoms with Gasteiger partial charge >= 0.3 is 0 Å². The number of hydrogen-bond donors (Lipinski definition) is 3. The number of nitrogens with one attached hydrogen (secondary N) is 2. The molecule has 3 fully saturated rings. The van der Waals surface area contributed by atoms with E-state index in [4.69, 9.17) is 21.1 Å². The highest BCUT2D eigenvalue weighted by Crippen LogP contribution is 2.64. The second-order valence-corrected chi connectivity index (χ2v) is 11.1. The third-order valence-electron chi connectivity index (χ3n) is 8.58. The van der Waals surface area contributed by atoms with Crippen LogP contribution in [0.3, 0.4) is 0 Å². The number of carbonyl (C=O) groups is 3. The summed E-state index contributed by atoms with van der Waals surface area (Å²) in [6.45, 7) is 4.65. The molecule has 3 saturated heterocycles. The zero-order valence-corrected chi connectivity index (χ0v) is 23.6. The van der Waals surface area contributed by atoms with Crippen molar-refractivity contribution in [3.05, 3.63) is 53.6 Å². The van der Waals surface area contributed by atoms with E-state index in [1.54, 1.807) is 53.4 Å². The summed E-state index contributed by atoms with van der Waals surface area (Å²) in [5.41, 5.74) is -0.956. The maximum Gasteiger partial charge on any atom is 0.250 e. The minimum absolute atomic E-state index is 0.0182. The van der Waals surface area contributed by atoms with Gasteiger partial charge in [-0.3, -0.25) is 14.4 Å². The Morgan fingerprint density at radius 3 is 2.50 bits per heavy atom. The molecular weight excluding hydrogens is 534 g/mol. The van der Waals surface area contributed by atoms with Gasteiger partial charge in [0, 0.05) is 18.8 Å². The quantitative estimate of drug-likeness (QED) is 0.348. The van der Waals surface area contributed by atoms with Gasteiger partial charge in [0.2, 0.25) is 17.7 Å². The number of carbonyl (C=O) groups excluding carboxylic acids is 3. The molecule has 0 radical (unpaired) electrons. The Morgan fingerprint density at radius 2 is 1.82 bits per heavy atom. The first kappa shape index (κ1) is 28.4. The van der Waals surface area contributed by atoms with E-state index >= 15 is 0 Å². The van der Waals surface area contributed by atoms with Crippen LogP contribution in [-0.2, 0) is 19.1 Å². The molecule has 3 aliphatic rings. The van der Waals surface area contributed by atoms with E-state index in [0.717, 1.165) is 0 Å². The van der Waals surface area contributed by atoms with E-state index in [9.17, 15) is 19.5 Å². The zero-order valence-electron chi connectivity index (χ0n) is 22.8. The summed E-state index contributed by atoms with van der Waals surface area (Å²) in [7, 11) is 0. The number of rotatable bonds is 11.